The monoisotopic (exact) mass is 206 g/mol. The van der Waals surface area contributed by atoms with Gasteiger partial charge in [-0.05, 0) is 38.8 Å². The molecular weight excluding hydrogens is 188 g/mol. The molecule has 1 aliphatic heterocycles. The zero-order valence-corrected chi connectivity index (χ0v) is 8.86. The van der Waals surface area contributed by atoms with Gasteiger partial charge in [0.25, 0.3) is 0 Å². The summed E-state index contributed by atoms with van der Waals surface area (Å²) in [6.07, 6.45) is 2.15. The van der Waals surface area contributed by atoms with E-state index < -0.39 is 10.0 Å². The molecule has 0 aromatic carbocycles. The summed E-state index contributed by atoms with van der Waals surface area (Å²) in [6, 6.07) is 0. The zero-order chi connectivity index (χ0) is 9.73. The van der Waals surface area contributed by atoms with Crippen molar-refractivity contribution in [2.75, 3.05) is 25.4 Å². The summed E-state index contributed by atoms with van der Waals surface area (Å²) in [5.74, 6) is 0.695. The van der Waals surface area contributed by atoms with Crippen molar-refractivity contribution in [1.29, 1.82) is 0 Å². The molecule has 0 spiro atoms. The second-order valence-corrected chi connectivity index (χ2v) is 5.54. The first-order valence-corrected chi connectivity index (χ1v) is 6.47. The van der Waals surface area contributed by atoms with Crippen molar-refractivity contribution < 1.29 is 8.42 Å². The van der Waals surface area contributed by atoms with Crippen molar-refractivity contribution in [2.45, 2.75) is 19.8 Å². The van der Waals surface area contributed by atoms with Crippen molar-refractivity contribution >= 4 is 10.0 Å². The van der Waals surface area contributed by atoms with Crippen LogP contribution in [0.4, 0.5) is 0 Å². The minimum atomic E-state index is -2.99. The summed E-state index contributed by atoms with van der Waals surface area (Å²) in [5, 5.41) is 3.25. The first-order chi connectivity index (χ1) is 6.14. The van der Waals surface area contributed by atoms with E-state index in [1.165, 1.54) is 0 Å². The smallest absolute Gasteiger partial charge is 0.211 e. The van der Waals surface area contributed by atoms with Gasteiger partial charge in [-0.1, -0.05) is 0 Å². The SMILES string of the molecule is CCS(=O)(=O)NCC1CCNCC1. The van der Waals surface area contributed by atoms with E-state index in [4.69, 9.17) is 0 Å². The summed E-state index contributed by atoms with van der Waals surface area (Å²) in [6.45, 7) is 4.29. The van der Waals surface area contributed by atoms with E-state index in [1.54, 1.807) is 6.92 Å². The van der Waals surface area contributed by atoms with Gasteiger partial charge in [0, 0.05) is 6.54 Å². The molecule has 0 aromatic rings. The Kier molecular flexibility index (Phi) is 4.15. The highest BCUT2D eigenvalue weighted by molar-refractivity contribution is 7.89. The zero-order valence-electron chi connectivity index (χ0n) is 8.04. The molecule has 1 rings (SSSR count). The molecule has 1 heterocycles. The Morgan fingerprint density at radius 2 is 2.00 bits per heavy atom. The average Bonchev–Trinajstić information content (AvgIpc) is 2.17. The molecular formula is C8H18N2O2S. The van der Waals surface area contributed by atoms with E-state index in [9.17, 15) is 8.42 Å². The second-order valence-electron chi connectivity index (χ2n) is 3.45. The third-order valence-corrected chi connectivity index (χ3v) is 3.80. The van der Waals surface area contributed by atoms with E-state index in [1.807, 2.05) is 0 Å². The molecule has 2 N–H and O–H groups in total. The van der Waals surface area contributed by atoms with Crippen LogP contribution in [-0.2, 0) is 10.0 Å². The molecule has 0 aliphatic carbocycles. The minimum Gasteiger partial charge on any atom is -0.317 e. The van der Waals surface area contributed by atoms with Crippen LogP contribution in [0.2, 0.25) is 0 Å². The highest BCUT2D eigenvalue weighted by Crippen LogP contribution is 2.10. The lowest BCUT2D eigenvalue weighted by Gasteiger charge is -2.22. The maximum Gasteiger partial charge on any atom is 0.211 e. The molecule has 4 nitrogen and oxygen atoms in total. The topological polar surface area (TPSA) is 58.2 Å². The third kappa shape index (κ3) is 4.06. The summed E-state index contributed by atoms with van der Waals surface area (Å²) in [5.41, 5.74) is 0. The molecule has 0 atom stereocenters. The normalized spacial score (nSPS) is 20.4. The van der Waals surface area contributed by atoms with Gasteiger partial charge in [0.05, 0.1) is 5.75 Å². The molecule has 0 unspecified atom stereocenters. The standard InChI is InChI=1S/C8H18N2O2S/c1-2-13(11,12)10-7-8-3-5-9-6-4-8/h8-10H,2-7H2,1H3. The lowest BCUT2D eigenvalue weighted by atomic mass is 9.99. The van der Waals surface area contributed by atoms with Gasteiger partial charge in [-0.3, -0.25) is 0 Å². The first-order valence-electron chi connectivity index (χ1n) is 4.82. The molecule has 1 saturated heterocycles. The van der Waals surface area contributed by atoms with Crippen molar-refractivity contribution in [3.05, 3.63) is 0 Å². The molecule has 5 heteroatoms. The molecule has 1 aliphatic rings. The number of hydrogen-bond acceptors (Lipinski definition) is 3. The highest BCUT2D eigenvalue weighted by Gasteiger charge is 2.15. The Morgan fingerprint density at radius 3 is 2.54 bits per heavy atom. The van der Waals surface area contributed by atoms with E-state index >= 15 is 0 Å². The Balaban J connectivity index is 2.25. The molecule has 13 heavy (non-hydrogen) atoms. The number of nitrogens with one attached hydrogen (secondary N) is 2. The number of sulfonamides is 1. The van der Waals surface area contributed by atoms with Gasteiger partial charge in [-0.15, -0.1) is 0 Å². The Labute approximate surface area is 80.1 Å². The van der Waals surface area contributed by atoms with Gasteiger partial charge < -0.3 is 5.32 Å². The van der Waals surface area contributed by atoms with Crippen LogP contribution < -0.4 is 10.0 Å². The summed E-state index contributed by atoms with van der Waals surface area (Å²) < 4.78 is 24.9. The van der Waals surface area contributed by atoms with Crippen LogP contribution in [0.3, 0.4) is 0 Å². The van der Waals surface area contributed by atoms with Crippen molar-refractivity contribution in [3.63, 3.8) is 0 Å². The number of piperidine rings is 1. The lowest BCUT2D eigenvalue weighted by molar-refractivity contribution is 0.372. The van der Waals surface area contributed by atoms with E-state index in [2.05, 4.69) is 10.0 Å². The van der Waals surface area contributed by atoms with Gasteiger partial charge in [0.15, 0.2) is 0 Å². The van der Waals surface area contributed by atoms with E-state index in [0.717, 1.165) is 25.9 Å². The number of rotatable bonds is 4. The van der Waals surface area contributed by atoms with Crippen LogP contribution in [-0.4, -0.2) is 33.8 Å². The van der Waals surface area contributed by atoms with Gasteiger partial charge in [-0.25, -0.2) is 13.1 Å². The van der Waals surface area contributed by atoms with Gasteiger partial charge in [-0.2, -0.15) is 0 Å². The Hall–Kier alpha value is -0.130. The van der Waals surface area contributed by atoms with Crippen LogP contribution in [0.1, 0.15) is 19.8 Å². The molecule has 0 radical (unpaired) electrons. The highest BCUT2D eigenvalue weighted by atomic mass is 32.2. The quantitative estimate of drug-likeness (QED) is 0.677. The van der Waals surface area contributed by atoms with Crippen molar-refractivity contribution in [1.82, 2.24) is 10.0 Å². The largest absolute Gasteiger partial charge is 0.317 e. The molecule has 0 saturated carbocycles. The molecule has 0 bridgehead atoms. The maximum atomic E-state index is 11.1. The average molecular weight is 206 g/mol. The van der Waals surface area contributed by atoms with E-state index in [0.29, 0.717) is 12.5 Å². The molecule has 0 aromatic heterocycles. The predicted molar refractivity (Wildman–Crippen MR) is 53.1 cm³/mol. The molecule has 1 fully saturated rings. The maximum absolute atomic E-state index is 11.1. The van der Waals surface area contributed by atoms with E-state index in [-0.39, 0.29) is 5.75 Å². The fraction of sp³-hybridized carbons (Fsp3) is 1.00. The summed E-state index contributed by atoms with van der Waals surface area (Å²) in [7, 11) is -2.99. The van der Waals surface area contributed by atoms with Gasteiger partial charge >= 0.3 is 0 Å². The summed E-state index contributed by atoms with van der Waals surface area (Å²) in [4.78, 5) is 0. The first kappa shape index (κ1) is 10.9. The second kappa shape index (κ2) is 4.93. The summed E-state index contributed by atoms with van der Waals surface area (Å²) >= 11 is 0. The van der Waals surface area contributed by atoms with Crippen LogP contribution in [0, 0.1) is 5.92 Å². The Morgan fingerprint density at radius 1 is 1.38 bits per heavy atom. The lowest BCUT2D eigenvalue weighted by Crippen LogP contribution is -2.36. The van der Waals surface area contributed by atoms with Gasteiger partial charge in [0.2, 0.25) is 10.0 Å². The fourth-order valence-electron chi connectivity index (χ4n) is 1.43. The van der Waals surface area contributed by atoms with Crippen LogP contribution in [0.5, 0.6) is 0 Å². The number of hydrogen-bond donors (Lipinski definition) is 2. The van der Waals surface area contributed by atoms with Gasteiger partial charge in [0.1, 0.15) is 0 Å². The third-order valence-electron chi connectivity index (χ3n) is 2.43. The van der Waals surface area contributed by atoms with Crippen molar-refractivity contribution in [2.24, 2.45) is 5.92 Å². The van der Waals surface area contributed by atoms with Crippen LogP contribution in [0.15, 0.2) is 0 Å². The predicted octanol–water partition coefficient (Wildman–Crippen LogP) is -0.0747. The van der Waals surface area contributed by atoms with Crippen molar-refractivity contribution in [3.8, 4) is 0 Å². The minimum absolute atomic E-state index is 0.179. The molecule has 78 valence electrons. The molecule has 0 amide bonds. The van der Waals surface area contributed by atoms with Crippen LogP contribution in [0.25, 0.3) is 0 Å². The Bertz CT molecular complexity index is 233. The van der Waals surface area contributed by atoms with Crippen LogP contribution >= 0.6 is 0 Å². The fourth-order valence-corrected chi connectivity index (χ4v) is 2.13.